The number of hydrogen-bond donors (Lipinski definition) is 0. The summed E-state index contributed by atoms with van der Waals surface area (Å²) in [7, 11) is 1.74. The second-order valence-corrected chi connectivity index (χ2v) is 8.32. The van der Waals surface area contributed by atoms with E-state index in [-0.39, 0.29) is 24.5 Å². The number of isothiocyanates is 1. The van der Waals surface area contributed by atoms with Gasteiger partial charge in [0.2, 0.25) is 0 Å². The maximum Gasteiger partial charge on any atom is 0.340 e. The van der Waals surface area contributed by atoms with Crippen LogP contribution in [-0.4, -0.2) is 31.0 Å². The second kappa shape index (κ2) is 7.75. The number of benzene rings is 1. The van der Waals surface area contributed by atoms with Gasteiger partial charge in [0.1, 0.15) is 0 Å². The summed E-state index contributed by atoms with van der Waals surface area (Å²) in [6.07, 6.45) is 2.33. The molecule has 0 aliphatic heterocycles. The van der Waals surface area contributed by atoms with Crippen LogP contribution in [-0.2, 0) is 26.2 Å². The highest BCUT2D eigenvalue weighted by molar-refractivity contribution is 7.78. The summed E-state index contributed by atoms with van der Waals surface area (Å²) in [4.78, 5) is 18.0. The molecule has 2 aliphatic carbocycles. The van der Waals surface area contributed by atoms with Crippen molar-refractivity contribution in [3.05, 3.63) is 34.9 Å². The van der Waals surface area contributed by atoms with Crippen LogP contribution in [0.4, 0.5) is 0 Å². The minimum atomic E-state index is -1.27. The lowest BCUT2D eigenvalue weighted by molar-refractivity contribution is -0.161. The second-order valence-electron chi connectivity index (χ2n) is 8.14. The summed E-state index contributed by atoms with van der Waals surface area (Å²) in [5.41, 5.74) is 0.508. The predicted octanol–water partition coefficient (Wildman–Crippen LogP) is 4.04. The van der Waals surface area contributed by atoms with Crippen molar-refractivity contribution in [1.29, 1.82) is 5.26 Å². The molecule has 5 nitrogen and oxygen atoms in total. The molecule has 1 spiro atoms. The Bertz CT molecular complexity index is 859. The summed E-state index contributed by atoms with van der Waals surface area (Å²) >= 11 is 5.00. The normalized spacial score (nSPS) is 33.6. The molecule has 0 heterocycles. The molecule has 0 unspecified atom stereocenters. The van der Waals surface area contributed by atoms with Gasteiger partial charge in [0, 0.05) is 12.5 Å². The molecule has 1 saturated carbocycles. The lowest BCUT2D eigenvalue weighted by Crippen LogP contribution is -2.54. The molecule has 0 aromatic heterocycles. The molecule has 28 heavy (non-hydrogen) atoms. The average Bonchev–Trinajstić information content (AvgIpc) is 2.91. The van der Waals surface area contributed by atoms with Gasteiger partial charge in [-0.05, 0) is 73.5 Å². The number of fused-ring (bicyclic) bond motifs is 1. The molecule has 3 rings (SSSR count). The summed E-state index contributed by atoms with van der Waals surface area (Å²) in [5, 5.41) is 11.9. The van der Waals surface area contributed by atoms with Gasteiger partial charge in [-0.3, -0.25) is 0 Å². The zero-order chi connectivity index (χ0) is 20.5. The zero-order valence-corrected chi connectivity index (χ0v) is 17.6. The maximum atomic E-state index is 13.4. The van der Waals surface area contributed by atoms with Crippen molar-refractivity contribution in [1.82, 2.24) is 0 Å². The number of aliphatic imine (C=N–C) groups is 1. The van der Waals surface area contributed by atoms with Gasteiger partial charge in [-0.1, -0.05) is 19.9 Å². The summed E-state index contributed by atoms with van der Waals surface area (Å²) < 4.78 is 11.3. The van der Waals surface area contributed by atoms with Gasteiger partial charge in [0.25, 0.3) is 0 Å². The lowest BCUT2D eigenvalue weighted by atomic mass is 9.56. The number of methoxy groups -OCH3 is 1. The van der Waals surface area contributed by atoms with Crippen molar-refractivity contribution < 1.29 is 14.3 Å². The molecule has 1 fully saturated rings. The standard InChI is InChI=1S/C22H26N2O3S/c1-5-27-20(25)22(24-13-28)18-8-16(12-23)6-7-17(18)11-21(22)9-14(2)19(26-4)15(3)10-21/h6-8,14-15,19H,5,9-11H2,1-4H3/t14-,15+,19+,21+,22-/m1/s1. The van der Waals surface area contributed by atoms with Crippen LogP contribution in [0.5, 0.6) is 0 Å². The molecule has 148 valence electrons. The van der Waals surface area contributed by atoms with Crippen molar-refractivity contribution in [3.8, 4) is 6.07 Å². The fourth-order valence-electron chi connectivity index (χ4n) is 5.78. The van der Waals surface area contributed by atoms with Gasteiger partial charge in [-0.15, -0.1) is 0 Å². The van der Waals surface area contributed by atoms with E-state index in [1.54, 1.807) is 26.2 Å². The number of ether oxygens (including phenoxy) is 2. The average molecular weight is 399 g/mol. The number of carbonyl (C=O) groups is 1. The Morgan fingerprint density at radius 3 is 2.57 bits per heavy atom. The number of nitriles is 1. The van der Waals surface area contributed by atoms with Crippen molar-refractivity contribution in [2.45, 2.75) is 51.7 Å². The highest BCUT2D eigenvalue weighted by atomic mass is 32.1. The summed E-state index contributed by atoms with van der Waals surface area (Å²) in [5.74, 6) is 0.0803. The van der Waals surface area contributed by atoms with E-state index in [0.29, 0.717) is 12.0 Å². The molecule has 5 atom stereocenters. The lowest BCUT2D eigenvalue weighted by Gasteiger charge is -2.50. The molecular weight excluding hydrogens is 372 g/mol. The minimum Gasteiger partial charge on any atom is -0.464 e. The number of nitrogens with zero attached hydrogens (tertiary/aromatic N) is 2. The first kappa shape index (κ1) is 20.7. The van der Waals surface area contributed by atoms with Crippen LogP contribution in [0.25, 0.3) is 0 Å². The quantitative estimate of drug-likeness (QED) is 0.435. The third kappa shape index (κ3) is 2.90. The monoisotopic (exact) mass is 398 g/mol. The highest BCUT2D eigenvalue weighted by Crippen LogP contribution is 2.62. The fraction of sp³-hybridized carbons (Fsp3) is 0.591. The Morgan fingerprint density at radius 1 is 1.36 bits per heavy atom. The molecule has 1 aromatic rings. The Labute approximate surface area is 171 Å². The van der Waals surface area contributed by atoms with E-state index in [1.165, 1.54) is 0 Å². The Hall–Kier alpha value is -2.06. The third-order valence-electron chi connectivity index (χ3n) is 6.53. The van der Waals surface area contributed by atoms with Crippen molar-refractivity contribution >= 4 is 23.3 Å². The first-order valence-electron chi connectivity index (χ1n) is 9.71. The zero-order valence-electron chi connectivity index (χ0n) is 16.8. The fourth-order valence-corrected chi connectivity index (χ4v) is 5.92. The summed E-state index contributed by atoms with van der Waals surface area (Å²) in [6, 6.07) is 7.68. The Balaban J connectivity index is 2.26. The molecule has 0 amide bonds. The van der Waals surface area contributed by atoms with Gasteiger partial charge < -0.3 is 9.47 Å². The largest absolute Gasteiger partial charge is 0.464 e. The van der Waals surface area contributed by atoms with Crippen molar-refractivity contribution in [3.63, 3.8) is 0 Å². The highest BCUT2D eigenvalue weighted by Gasteiger charge is 2.66. The SMILES string of the molecule is CCOC(=O)[C@]1(N=C=S)c2cc(C#N)ccc2C[C@@]12C[C@@H](C)[C@H](OC)[C@@H](C)C2. The smallest absolute Gasteiger partial charge is 0.340 e. The Morgan fingerprint density at radius 2 is 2.04 bits per heavy atom. The Kier molecular flexibility index (Phi) is 5.72. The van der Waals surface area contributed by atoms with Crippen LogP contribution in [0, 0.1) is 28.6 Å². The van der Waals surface area contributed by atoms with Crippen LogP contribution in [0.1, 0.15) is 50.3 Å². The minimum absolute atomic E-state index is 0.125. The number of carbonyl (C=O) groups excluding carboxylic acids is 1. The molecular formula is C22H26N2O3S. The van der Waals surface area contributed by atoms with Gasteiger partial charge in [-0.2, -0.15) is 5.26 Å². The van der Waals surface area contributed by atoms with E-state index in [0.717, 1.165) is 24.0 Å². The molecule has 2 aliphatic rings. The number of hydrogen-bond acceptors (Lipinski definition) is 6. The van der Waals surface area contributed by atoms with E-state index in [1.807, 2.05) is 6.07 Å². The topological polar surface area (TPSA) is 71.7 Å². The van der Waals surface area contributed by atoms with Crippen LogP contribution < -0.4 is 0 Å². The van der Waals surface area contributed by atoms with Crippen LogP contribution >= 0.6 is 12.2 Å². The summed E-state index contributed by atoms with van der Waals surface area (Å²) in [6.45, 7) is 6.36. The first-order valence-corrected chi connectivity index (χ1v) is 10.1. The van der Waals surface area contributed by atoms with Crippen molar-refractivity contribution in [2.24, 2.45) is 22.2 Å². The third-order valence-corrected chi connectivity index (χ3v) is 6.62. The number of rotatable bonds is 4. The van der Waals surface area contributed by atoms with Crippen LogP contribution in [0.2, 0.25) is 0 Å². The molecule has 0 saturated heterocycles. The molecule has 0 N–H and O–H groups in total. The predicted molar refractivity (Wildman–Crippen MR) is 109 cm³/mol. The molecule has 0 bridgehead atoms. The van der Waals surface area contributed by atoms with E-state index in [9.17, 15) is 10.1 Å². The van der Waals surface area contributed by atoms with E-state index in [2.05, 4.69) is 30.1 Å². The maximum absolute atomic E-state index is 13.4. The van der Waals surface area contributed by atoms with E-state index < -0.39 is 16.9 Å². The van der Waals surface area contributed by atoms with Gasteiger partial charge >= 0.3 is 5.97 Å². The van der Waals surface area contributed by atoms with Gasteiger partial charge in [0.15, 0.2) is 5.54 Å². The molecule has 1 aromatic carbocycles. The number of thiocarbonyl (C=S) groups is 1. The first-order chi connectivity index (χ1) is 13.4. The van der Waals surface area contributed by atoms with Crippen LogP contribution in [0.15, 0.2) is 23.2 Å². The van der Waals surface area contributed by atoms with Gasteiger partial charge in [0.05, 0.1) is 29.5 Å². The van der Waals surface area contributed by atoms with E-state index >= 15 is 0 Å². The van der Waals surface area contributed by atoms with Crippen LogP contribution in [0.3, 0.4) is 0 Å². The van der Waals surface area contributed by atoms with E-state index in [4.69, 9.17) is 21.7 Å². The number of esters is 1. The van der Waals surface area contributed by atoms with Crippen molar-refractivity contribution in [2.75, 3.05) is 13.7 Å². The molecule has 6 heteroatoms. The van der Waals surface area contributed by atoms with Gasteiger partial charge in [-0.25, -0.2) is 9.79 Å². The molecule has 0 radical (unpaired) electrons.